The first-order valence-electron chi connectivity index (χ1n) is 3.96. The number of aryl methyl sites for hydroxylation is 1. The normalized spacial score (nSPS) is 12.5. The summed E-state index contributed by atoms with van der Waals surface area (Å²) in [4.78, 5) is 10.1. The molecule has 1 N–H and O–H groups in total. The van der Waals surface area contributed by atoms with Crippen molar-refractivity contribution in [3.63, 3.8) is 0 Å². The minimum Gasteiger partial charge on any atom is -0.388 e. The number of nitro groups is 1. The first kappa shape index (κ1) is 9.67. The maximum absolute atomic E-state index is 10.6. The summed E-state index contributed by atoms with van der Waals surface area (Å²) in [6.45, 7) is 3.27. The van der Waals surface area contributed by atoms with Crippen LogP contribution in [0.15, 0.2) is 18.2 Å². The van der Waals surface area contributed by atoms with Crippen LogP contribution in [0.5, 0.6) is 0 Å². The molecule has 1 atom stereocenters. The Morgan fingerprint density at radius 3 is 2.54 bits per heavy atom. The summed E-state index contributed by atoms with van der Waals surface area (Å²) < 4.78 is 0. The lowest BCUT2D eigenvalue weighted by molar-refractivity contribution is -0.386. The highest BCUT2D eigenvalue weighted by atomic mass is 16.6. The van der Waals surface area contributed by atoms with Crippen LogP contribution in [0, 0.1) is 17.0 Å². The molecular formula is C9H11NO3. The van der Waals surface area contributed by atoms with Crippen LogP contribution in [0.3, 0.4) is 0 Å². The smallest absolute Gasteiger partial charge is 0.275 e. The number of aliphatic hydroxyl groups excluding tert-OH is 1. The van der Waals surface area contributed by atoms with Gasteiger partial charge in [0, 0.05) is 6.07 Å². The van der Waals surface area contributed by atoms with Gasteiger partial charge < -0.3 is 5.11 Å². The molecule has 0 bridgehead atoms. The molecule has 0 aliphatic heterocycles. The van der Waals surface area contributed by atoms with Gasteiger partial charge in [-0.2, -0.15) is 0 Å². The molecule has 4 nitrogen and oxygen atoms in total. The first-order chi connectivity index (χ1) is 6.04. The zero-order valence-corrected chi connectivity index (χ0v) is 7.52. The predicted octanol–water partition coefficient (Wildman–Crippen LogP) is 1.96. The fourth-order valence-electron chi connectivity index (χ4n) is 1.37. The van der Waals surface area contributed by atoms with E-state index in [1.165, 1.54) is 13.0 Å². The van der Waals surface area contributed by atoms with E-state index < -0.39 is 11.0 Å². The molecule has 0 unspecified atom stereocenters. The van der Waals surface area contributed by atoms with Crippen molar-refractivity contribution in [2.24, 2.45) is 0 Å². The van der Waals surface area contributed by atoms with Gasteiger partial charge in [0.05, 0.1) is 16.6 Å². The second-order valence-corrected chi connectivity index (χ2v) is 2.94. The molecule has 0 radical (unpaired) electrons. The first-order valence-corrected chi connectivity index (χ1v) is 3.96. The van der Waals surface area contributed by atoms with E-state index in [-0.39, 0.29) is 5.69 Å². The van der Waals surface area contributed by atoms with E-state index in [0.29, 0.717) is 5.56 Å². The number of aliphatic hydroxyl groups is 1. The van der Waals surface area contributed by atoms with Gasteiger partial charge in [0.25, 0.3) is 5.69 Å². The van der Waals surface area contributed by atoms with E-state index in [0.717, 1.165) is 5.56 Å². The van der Waals surface area contributed by atoms with E-state index in [4.69, 9.17) is 0 Å². The lowest BCUT2D eigenvalue weighted by Gasteiger charge is -2.08. The topological polar surface area (TPSA) is 63.4 Å². The molecule has 0 amide bonds. The van der Waals surface area contributed by atoms with Crippen LogP contribution in [0.4, 0.5) is 5.69 Å². The Labute approximate surface area is 76.0 Å². The quantitative estimate of drug-likeness (QED) is 0.560. The van der Waals surface area contributed by atoms with Crippen molar-refractivity contribution in [2.45, 2.75) is 20.0 Å². The SMILES string of the molecule is Cc1cccc([N+](=O)[O-])c1[C@H](C)O. The van der Waals surface area contributed by atoms with E-state index >= 15 is 0 Å². The van der Waals surface area contributed by atoms with Crippen LogP contribution in [0.1, 0.15) is 24.2 Å². The van der Waals surface area contributed by atoms with Crippen molar-refractivity contribution in [1.82, 2.24) is 0 Å². The highest BCUT2D eigenvalue weighted by Gasteiger charge is 2.18. The maximum atomic E-state index is 10.6. The number of benzene rings is 1. The van der Waals surface area contributed by atoms with Crippen LogP contribution in [-0.4, -0.2) is 10.0 Å². The molecule has 0 aliphatic carbocycles. The Kier molecular flexibility index (Phi) is 2.63. The molecule has 0 spiro atoms. The fourth-order valence-corrected chi connectivity index (χ4v) is 1.37. The van der Waals surface area contributed by atoms with Crippen molar-refractivity contribution in [1.29, 1.82) is 0 Å². The molecule has 1 aromatic rings. The Balaban J connectivity index is 3.34. The van der Waals surface area contributed by atoms with Crippen LogP contribution in [0.25, 0.3) is 0 Å². The van der Waals surface area contributed by atoms with Gasteiger partial charge in [0.1, 0.15) is 0 Å². The summed E-state index contributed by atoms with van der Waals surface area (Å²) in [5.74, 6) is 0. The van der Waals surface area contributed by atoms with Crippen molar-refractivity contribution in [3.8, 4) is 0 Å². The van der Waals surface area contributed by atoms with Crippen molar-refractivity contribution < 1.29 is 10.0 Å². The highest BCUT2D eigenvalue weighted by Crippen LogP contribution is 2.27. The molecule has 1 rings (SSSR count). The van der Waals surface area contributed by atoms with Gasteiger partial charge in [-0.15, -0.1) is 0 Å². The van der Waals surface area contributed by atoms with E-state index in [9.17, 15) is 15.2 Å². The number of nitrogens with zero attached hydrogens (tertiary/aromatic N) is 1. The predicted molar refractivity (Wildman–Crippen MR) is 48.5 cm³/mol. The lowest BCUT2D eigenvalue weighted by atomic mass is 10.0. The Bertz CT molecular complexity index is 334. The molecule has 0 aromatic heterocycles. The number of rotatable bonds is 2. The fraction of sp³-hybridized carbons (Fsp3) is 0.333. The molecule has 1 aromatic carbocycles. The minimum atomic E-state index is -0.804. The summed E-state index contributed by atoms with van der Waals surface area (Å²) in [7, 11) is 0. The molecule has 0 saturated heterocycles. The average Bonchev–Trinajstić information content (AvgIpc) is 2.02. The van der Waals surface area contributed by atoms with Crippen LogP contribution >= 0.6 is 0 Å². The Morgan fingerprint density at radius 1 is 1.54 bits per heavy atom. The monoisotopic (exact) mass is 181 g/mol. The second-order valence-electron chi connectivity index (χ2n) is 2.94. The van der Waals surface area contributed by atoms with Gasteiger partial charge >= 0.3 is 0 Å². The molecular weight excluding hydrogens is 170 g/mol. The lowest BCUT2D eigenvalue weighted by Crippen LogP contribution is -2.01. The third-order valence-electron chi connectivity index (χ3n) is 1.92. The third-order valence-corrected chi connectivity index (χ3v) is 1.92. The summed E-state index contributed by atoms with van der Waals surface area (Å²) in [5.41, 5.74) is 1.12. The minimum absolute atomic E-state index is 0.0185. The van der Waals surface area contributed by atoms with Gasteiger partial charge in [0.15, 0.2) is 0 Å². The van der Waals surface area contributed by atoms with Gasteiger partial charge in [-0.1, -0.05) is 12.1 Å². The zero-order chi connectivity index (χ0) is 10.0. The summed E-state index contributed by atoms with van der Waals surface area (Å²) in [5, 5.41) is 19.9. The Hall–Kier alpha value is -1.42. The van der Waals surface area contributed by atoms with Crippen molar-refractivity contribution >= 4 is 5.69 Å². The average molecular weight is 181 g/mol. The maximum Gasteiger partial charge on any atom is 0.275 e. The zero-order valence-electron chi connectivity index (χ0n) is 7.52. The molecule has 70 valence electrons. The van der Waals surface area contributed by atoms with Crippen LogP contribution < -0.4 is 0 Å². The highest BCUT2D eigenvalue weighted by molar-refractivity contribution is 5.46. The molecule has 0 fully saturated rings. The van der Waals surface area contributed by atoms with Gasteiger partial charge in [-0.05, 0) is 19.4 Å². The van der Waals surface area contributed by atoms with Gasteiger partial charge in [0.2, 0.25) is 0 Å². The summed E-state index contributed by atoms with van der Waals surface area (Å²) in [6, 6.07) is 4.75. The molecule has 0 heterocycles. The molecule has 4 heteroatoms. The summed E-state index contributed by atoms with van der Waals surface area (Å²) in [6.07, 6.45) is -0.804. The second kappa shape index (κ2) is 3.53. The van der Waals surface area contributed by atoms with Crippen LogP contribution in [-0.2, 0) is 0 Å². The largest absolute Gasteiger partial charge is 0.388 e. The van der Waals surface area contributed by atoms with Crippen LogP contribution in [0.2, 0.25) is 0 Å². The van der Waals surface area contributed by atoms with Gasteiger partial charge in [-0.25, -0.2) is 0 Å². The molecule has 13 heavy (non-hydrogen) atoms. The van der Waals surface area contributed by atoms with Crippen molar-refractivity contribution in [3.05, 3.63) is 39.4 Å². The standard InChI is InChI=1S/C9H11NO3/c1-6-4-3-5-8(10(12)13)9(6)7(2)11/h3-5,7,11H,1-2H3/t7-/m0/s1. The number of hydrogen-bond acceptors (Lipinski definition) is 3. The van der Waals surface area contributed by atoms with E-state index in [1.54, 1.807) is 19.1 Å². The molecule has 0 saturated carbocycles. The third kappa shape index (κ3) is 1.84. The number of hydrogen-bond donors (Lipinski definition) is 1. The van der Waals surface area contributed by atoms with Gasteiger partial charge in [-0.3, -0.25) is 10.1 Å². The summed E-state index contributed by atoms with van der Waals surface area (Å²) >= 11 is 0. The number of nitro benzene ring substituents is 1. The Morgan fingerprint density at radius 2 is 2.15 bits per heavy atom. The van der Waals surface area contributed by atoms with E-state index in [2.05, 4.69) is 0 Å². The van der Waals surface area contributed by atoms with E-state index in [1.807, 2.05) is 0 Å². The molecule has 0 aliphatic rings. The van der Waals surface area contributed by atoms with Crippen molar-refractivity contribution in [2.75, 3.05) is 0 Å².